The van der Waals surface area contributed by atoms with Crippen molar-refractivity contribution in [2.24, 2.45) is 0 Å². The average Bonchev–Trinajstić information content (AvgIpc) is 3.24. The van der Waals surface area contributed by atoms with Gasteiger partial charge in [-0.2, -0.15) is 0 Å². The minimum Gasteiger partial charge on any atom is -0.444 e. The zero-order valence-electron chi connectivity index (χ0n) is 21.2. The molecule has 3 aromatic rings. The van der Waals surface area contributed by atoms with Crippen LogP contribution in [0.5, 0.6) is 0 Å². The van der Waals surface area contributed by atoms with Crippen molar-refractivity contribution < 1.29 is 31.5 Å². The van der Waals surface area contributed by atoms with Gasteiger partial charge in [-0.15, -0.1) is 0 Å². The van der Waals surface area contributed by atoms with Crippen molar-refractivity contribution in [3.05, 3.63) is 59.6 Å². The lowest BCUT2D eigenvalue weighted by Gasteiger charge is -2.46. The second-order valence-electron chi connectivity index (χ2n) is 10.0. The lowest BCUT2D eigenvalue weighted by atomic mass is 10.1. The van der Waals surface area contributed by atoms with Crippen molar-refractivity contribution in [2.45, 2.75) is 47.6 Å². The van der Waals surface area contributed by atoms with Crippen LogP contribution < -0.4 is 5.32 Å². The summed E-state index contributed by atoms with van der Waals surface area (Å²) in [5, 5.41) is 13.0. The fourth-order valence-corrected chi connectivity index (χ4v) is 8.88. The topological polar surface area (TPSA) is 135 Å². The van der Waals surface area contributed by atoms with Crippen LogP contribution in [-0.2, 0) is 24.6 Å². The predicted molar refractivity (Wildman–Crippen MR) is 143 cm³/mol. The highest BCUT2D eigenvalue weighted by molar-refractivity contribution is 7.94. The fraction of sp³-hybridized carbons (Fsp3) is 0.400. The highest BCUT2D eigenvalue weighted by Crippen LogP contribution is 2.39. The second-order valence-corrected chi connectivity index (χ2v) is 14.4. The number of carbonyl (C=O) groups excluding carboxylic acids is 1. The van der Waals surface area contributed by atoms with E-state index in [9.17, 15) is 26.7 Å². The quantitative estimate of drug-likeness (QED) is 0.452. The molecule has 0 aliphatic carbocycles. The number of piperazine rings is 1. The first-order valence-corrected chi connectivity index (χ1v) is 15.2. The van der Waals surface area contributed by atoms with Gasteiger partial charge in [-0.05, 0) is 57.2 Å². The number of aliphatic hydroxyl groups excluding tert-OH is 1. The molecule has 0 spiro atoms. The van der Waals surface area contributed by atoms with E-state index in [-0.39, 0.29) is 46.9 Å². The van der Waals surface area contributed by atoms with E-state index >= 15 is 0 Å². The van der Waals surface area contributed by atoms with Crippen LogP contribution in [0.2, 0.25) is 5.02 Å². The maximum atomic E-state index is 14.6. The first kappa shape index (κ1) is 28.4. The monoisotopic (exact) mass is 583 g/mol. The Bertz CT molecular complexity index is 1560. The molecule has 1 aliphatic heterocycles. The zero-order chi connectivity index (χ0) is 27.9. The third-order valence-electron chi connectivity index (χ3n) is 6.27. The highest BCUT2D eigenvalue weighted by atomic mass is 35.5. The maximum Gasteiger partial charge on any atom is 0.411 e. The van der Waals surface area contributed by atoms with E-state index in [4.69, 9.17) is 16.3 Å². The van der Waals surface area contributed by atoms with E-state index in [1.54, 1.807) is 26.8 Å². The molecule has 1 amide bonds. The number of amides is 1. The van der Waals surface area contributed by atoms with Gasteiger partial charge in [0, 0.05) is 43.1 Å². The van der Waals surface area contributed by atoms with Crippen molar-refractivity contribution in [2.75, 3.05) is 26.2 Å². The molecule has 2 N–H and O–H groups in total. The van der Waals surface area contributed by atoms with Crippen molar-refractivity contribution in [1.82, 2.24) is 14.2 Å². The van der Waals surface area contributed by atoms with E-state index in [0.717, 1.165) is 8.87 Å². The van der Waals surface area contributed by atoms with Gasteiger partial charge >= 0.3 is 6.09 Å². The van der Waals surface area contributed by atoms with Gasteiger partial charge in [0.1, 0.15) is 5.60 Å². The Kier molecular flexibility index (Phi) is 7.58. The van der Waals surface area contributed by atoms with Crippen LogP contribution >= 0.6 is 11.6 Å². The molecule has 2 aromatic carbocycles. The van der Waals surface area contributed by atoms with Crippen LogP contribution in [0.25, 0.3) is 10.9 Å². The second kappa shape index (κ2) is 10.2. The van der Waals surface area contributed by atoms with Gasteiger partial charge in [0.15, 0.2) is 9.90 Å². The Morgan fingerprint density at radius 1 is 1.11 bits per heavy atom. The van der Waals surface area contributed by atoms with Crippen LogP contribution in [-0.4, -0.2) is 73.6 Å². The van der Waals surface area contributed by atoms with E-state index < -0.39 is 48.1 Å². The van der Waals surface area contributed by atoms with Gasteiger partial charge in [0.25, 0.3) is 10.0 Å². The van der Waals surface area contributed by atoms with E-state index in [1.165, 1.54) is 48.5 Å². The molecule has 1 unspecified atom stereocenters. The van der Waals surface area contributed by atoms with E-state index in [0.29, 0.717) is 0 Å². The van der Waals surface area contributed by atoms with Crippen LogP contribution in [0.1, 0.15) is 27.2 Å². The summed E-state index contributed by atoms with van der Waals surface area (Å²) in [5.41, 5.74) is -0.817. The number of halogens is 1. The normalized spacial score (nSPS) is 19.0. The Hall–Kier alpha value is -2.64. The molecule has 1 atom stereocenters. The number of nitrogens with zero attached hydrogens (tertiary/aromatic N) is 2. The molecule has 4 rings (SSSR count). The van der Waals surface area contributed by atoms with Gasteiger partial charge in [0.2, 0.25) is 9.84 Å². The number of ether oxygens (including phenoxy) is 1. The molecule has 1 aromatic heterocycles. The van der Waals surface area contributed by atoms with Crippen molar-refractivity contribution in [3.8, 4) is 0 Å². The molecular weight excluding hydrogens is 554 g/mol. The number of carbonyl (C=O) groups is 1. The third-order valence-corrected chi connectivity index (χ3v) is 10.8. The molecule has 1 saturated heterocycles. The maximum absolute atomic E-state index is 14.6. The number of nitrogens with one attached hydrogen (secondary N) is 1. The van der Waals surface area contributed by atoms with Crippen LogP contribution in [0.3, 0.4) is 0 Å². The fourth-order valence-electron chi connectivity index (χ4n) is 4.58. The first-order valence-electron chi connectivity index (χ1n) is 11.9. The molecule has 10 nitrogen and oxygen atoms in total. The summed E-state index contributed by atoms with van der Waals surface area (Å²) in [5.74, 6) is 0. The minimum absolute atomic E-state index is 0.0361. The van der Waals surface area contributed by atoms with Gasteiger partial charge in [-0.25, -0.2) is 25.6 Å². The Labute approximate surface area is 227 Å². The first-order chi connectivity index (χ1) is 17.7. The lowest BCUT2D eigenvalue weighted by molar-refractivity contribution is 0.00171. The molecule has 0 saturated carbocycles. The summed E-state index contributed by atoms with van der Waals surface area (Å²) in [4.78, 5) is 12.2. The van der Waals surface area contributed by atoms with Crippen LogP contribution in [0.4, 0.5) is 4.79 Å². The molecule has 0 radical (unpaired) electrons. The third kappa shape index (κ3) is 4.91. The molecule has 1 fully saturated rings. The van der Waals surface area contributed by atoms with E-state index in [2.05, 4.69) is 5.32 Å². The number of rotatable bonds is 6. The minimum atomic E-state index is -4.69. The summed E-state index contributed by atoms with van der Waals surface area (Å²) >= 11 is 6.16. The van der Waals surface area contributed by atoms with Crippen molar-refractivity contribution in [3.63, 3.8) is 0 Å². The SMILES string of the molecule is CC(C)(C)OC(=O)N1CCNCC1(CCO)S(=O)(=O)c1cc2cc(Cl)ccc2n1S(=O)(=O)c1ccccc1. The number of benzene rings is 2. The molecule has 206 valence electrons. The molecule has 13 heteroatoms. The molecular formula is C25H30ClN3O7S2. The Morgan fingerprint density at radius 2 is 1.79 bits per heavy atom. The van der Waals surface area contributed by atoms with Gasteiger partial charge < -0.3 is 15.2 Å². The average molecular weight is 584 g/mol. The summed E-state index contributed by atoms with van der Waals surface area (Å²) < 4.78 is 63.3. The predicted octanol–water partition coefficient (Wildman–Crippen LogP) is 3.22. The largest absolute Gasteiger partial charge is 0.444 e. The number of aliphatic hydroxyl groups is 1. The molecule has 0 bridgehead atoms. The van der Waals surface area contributed by atoms with Crippen molar-refractivity contribution in [1.29, 1.82) is 0 Å². The highest BCUT2D eigenvalue weighted by Gasteiger charge is 2.55. The van der Waals surface area contributed by atoms with E-state index in [1.807, 2.05) is 0 Å². The number of aromatic nitrogens is 1. The van der Waals surface area contributed by atoms with Crippen molar-refractivity contribution >= 4 is 48.5 Å². The summed E-state index contributed by atoms with van der Waals surface area (Å²) in [7, 11) is -9.11. The lowest BCUT2D eigenvalue weighted by Crippen LogP contribution is -2.67. The number of fused-ring (bicyclic) bond motifs is 1. The number of hydrogen-bond donors (Lipinski definition) is 2. The molecule has 2 heterocycles. The summed E-state index contributed by atoms with van der Waals surface area (Å²) in [6.45, 7) is 4.38. The molecule has 1 aliphatic rings. The number of hydrogen-bond acceptors (Lipinski definition) is 8. The van der Waals surface area contributed by atoms with Gasteiger partial charge in [-0.3, -0.25) is 4.90 Å². The summed E-state index contributed by atoms with van der Waals surface area (Å²) in [6, 6.07) is 13.1. The Balaban J connectivity index is 2.02. The van der Waals surface area contributed by atoms with Crippen LogP contribution in [0, 0.1) is 0 Å². The molecule has 38 heavy (non-hydrogen) atoms. The number of sulfone groups is 1. The standard InChI is InChI=1S/C25H30ClN3O7S2/c1-24(2,3)36-23(31)28-13-12-27-17-25(28,11-14-30)37(32,33)22-16-18-15-19(26)9-10-21(18)29(22)38(34,35)20-7-5-4-6-8-20/h4-10,15-16,27,30H,11-14,17H2,1-3H3. The van der Waals surface area contributed by atoms with Crippen LogP contribution in [0.15, 0.2) is 64.5 Å². The smallest absolute Gasteiger partial charge is 0.411 e. The zero-order valence-corrected chi connectivity index (χ0v) is 23.6. The Morgan fingerprint density at radius 3 is 2.42 bits per heavy atom. The van der Waals surface area contributed by atoms with Gasteiger partial charge in [-0.1, -0.05) is 29.8 Å². The van der Waals surface area contributed by atoms with Gasteiger partial charge in [0.05, 0.1) is 10.4 Å². The summed E-state index contributed by atoms with van der Waals surface area (Å²) in [6.07, 6.45) is -1.26.